The van der Waals surface area contributed by atoms with Crippen molar-refractivity contribution in [1.29, 1.82) is 0 Å². The van der Waals surface area contributed by atoms with Gasteiger partial charge in [0.2, 0.25) is 12.0 Å². The molecule has 0 atom stereocenters. The van der Waals surface area contributed by atoms with Crippen molar-refractivity contribution in [3.8, 4) is 0 Å². The highest BCUT2D eigenvalue weighted by Crippen LogP contribution is 2.28. The molecule has 2 N–H and O–H groups in total. The maximum Gasteiger partial charge on any atom is 0.249 e. The Morgan fingerprint density at radius 1 is 1.33 bits per heavy atom. The standard InChI is InChI=1S/C12H14Cl2N2O2/c1-12(2,3)16(18)6-10(17)7-4-8(13)11(15)9(14)5-7/h4-6H,15H2,1-3H3/b16-6+. The normalized spacial score (nSPS) is 12.6. The Bertz CT molecular complexity index is 496. The molecule has 0 aliphatic carbocycles. The first-order valence-electron chi connectivity index (χ1n) is 5.23. The number of nitrogen functional groups attached to an aromatic ring is 1. The zero-order chi connectivity index (χ0) is 14.1. The minimum absolute atomic E-state index is 0.187. The maximum absolute atomic E-state index is 11.9. The fourth-order valence-electron chi connectivity index (χ4n) is 1.10. The van der Waals surface area contributed by atoms with E-state index in [1.165, 1.54) is 12.1 Å². The van der Waals surface area contributed by atoms with Gasteiger partial charge in [0.1, 0.15) is 0 Å². The Balaban J connectivity index is 3.14. The summed E-state index contributed by atoms with van der Waals surface area (Å²) in [6, 6.07) is 2.77. The number of hydrogen-bond acceptors (Lipinski definition) is 3. The van der Waals surface area contributed by atoms with Crippen molar-refractivity contribution in [2.45, 2.75) is 26.3 Å². The van der Waals surface area contributed by atoms with Gasteiger partial charge in [0.25, 0.3) is 0 Å². The second-order valence-electron chi connectivity index (χ2n) is 4.84. The van der Waals surface area contributed by atoms with Gasteiger partial charge in [-0.3, -0.25) is 4.79 Å². The summed E-state index contributed by atoms with van der Waals surface area (Å²) in [4.78, 5) is 11.9. The van der Waals surface area contributed by atoms with E-state index in [-0.39, 0.29) is 21.3 Å². The van der Waals surface area contributed by atoms with Crippen LogP contribution in [0.3, 0.4) is 0 Å². The first kappa shape index (κ1) is 14.8. The fourth-order valence-corrected chi connectivity index (χ4v) is 1.59. The molecule has 6 heteroatoms. The quantitative estimate of drug-likeness (QED) is 0.227. The predicted octanol–water partition coefficient (Wildman–Crippen LogP) is 3.14. The molecule has 0 heterocycles. The molecule has 0 amide bonds. The second-order valence-corrected chi connectivity index (χ2v) is 5.66. The lowest BCUT2D eigenvalue weighted by molar-refractivity contribution is -0.529. The molecule has 1 aromatic carbocycles. The van der Waals surface area contributed by atoms with Gasteiger partial charge >= 0.3 is 0 Å². The van der Waals surface area contributed by atoms with Crippen LogP contribution < -0.4 is 5.73 Å². The Labute approximate surface area is 116 Å². The monoisotopic (exact) mass is 288 g/mol. The largest absolute Gasteiger partial charge is 0.623 e. The van der Waals surface area contributed by atoms with Gasteiger partial charge in [-0.05, 0) is 12.1 Å². The van der Waals surface area contributed by atoms with Crippen LogP contribution in [0.25, 0.3) is 0 Å². The highest BCUT2D eigenvalue weighted by atomic mass is 35.5. The summed E-state index contributed by atoms with van der Waals surface area (Å²) in [5.74, 6) is -0.469. The summed E-state index contributed by atoms with van der Waals surface area (Å²) < 4.78 is 0.591. The SMILES string of the molecule is CC(C)(C)/[N+]([O-])=C\C(=O)c1cc(Cl)c(N)c(Cl)c1. The van der Waals surface area contributed by atoms with Crippen molar-refractivity contribution in [3.63, 3.8) is 0 Å². The molecular formula is C12H14Cl2N2O2. The molecule has 0 bridgehead atoms. The van der Waals surface area contributed by atoms with E-state index >= 15 is 0 Å². The second kappa shape index (κ2) is 5.16. The van der Waals surface area contributed by atoms with E-state index in [4.69, 9.17) is 28.9 Å². The Morgan fingerprint density at radius 2 is 1.78 bits per heavy atom. The fraction of sp³-hybridized carbons (Fsp3) is 0.333. The van der Waals surface area contributed by atoms with E-state index in [9.17, 15) is 10.0 Å². The topological polar surface area (TPSA) is 69.2 Å². The van der Waals surface area contributed by atoms with Crippen molar-refractivity contribution in [2.24, 2.45) is 0 Å². The molecule has 0 spiro atoms. The van der Waals surface area contributed by atoms with Crippen LogP contribution in [0, 0.1) is 5.21 Å². The van der Waals surface area contributed by atoms with Crippen LogP contribution in [-0.4, -0.2) is 22.3 Å². The summed E-state index contributed by atoms with van der Waals surface area (Å²) in [7, 11) is 0. The van der Waals surface area contributed by atoms with E-state index < -0.39 is 11.3 Å². The Morgan fingerprint density at radius 3 is 2.17 bits per heavy atom. The highest BCUT2D eigenvalue weighted by Gasteiger charge is 2.20. The number of anilines is 1. The summed E-state index contributed by atoms with van der Waals surface area (Å²) in [5.41, 5.74) is 5.32. The average molecular weight is 289 g/mol. The van der Waals surface area contributed by atoms with Gasteiger partial charge in [-0.15, -0.1) is 0 Å². The molecule has 1 rings (SSSR count). The first-order chi connectivity index (χ1) is 8.12. The van der Waals surface area contributed by atoms with E-state index in [0.29, 0.717) is 4.74 Å². The van der Waals surface area contributed by atoms with Crippen LogP contribution in [-0.2, 0) is 0 Å². The van der Waals surface area contributed by atoms with Gasteiger partial charge in [-0.25, -0.2) is 4.74 Å². The van der Waals surface area contributed by atoms with Crippen molar-refractivity contribution in [2.75, 3.05) is 5.73 Å². The van der Waals surface area contributed by atoms with E-state index in [2.05, 4.69) is 0 Å². The predicted molar refractivity (Wildman–Crippen MR) is 74.6 cm³/mol. The number of ketones is 1. The van der Waals surface area contributed by atoms with Crippen molar-refractivity contribution >= 4 is 40.9 Å². The lowest BCUT2D eigenvalue weighted by Gasteiger charge is -2.18. The molecule has 1 aromatic rings. The molecule has 0 saturated heterocycles. The first-order valence-corrected chi connectivity index (χ1v) is 5.98. The lowest BCUT2D eigenvalue weighted by Crippen LogP contribution is -2.31. The third-order valence-electron chi connectivity index (χ3n) is 2.26. The molecule has 4 nitrogen and oxygen atoms in total. The number of hydroxylamine groups is 1. The van der Waals surface area contributed by atoms with Crippen LogP contribution in [0.5, 0.6) is 0 Å². The van der Waals surface area contributed by atoms with Gasteiger partial charge in [0.15, 0.2) is 5.54 Å². The van der Waals surface area contributed by atoms with E-state index in [1.807, 2.05) is 0 Å². The molecule has 0 aliphatic rings. The number of Topliss-reactive ketones (excluding diaryl/α,β-unsaturated/α-hetero) is 1. The van der Waals surface area contributed by atoms with Crippen LogP contribution in [0.4, 0.5) is 5.69 Å². The van der Waals surface area contributed by atoms with Crippen LogP contribution in [0.1, 0.15) is 31.1 Å². The van der Waals surface area contributed by atoms with Gasteiger partial charge in [0.05, 0.1) is 15.7 Å². The average Bonchev–Trinajstić information content (AvgIpc) is 2.23. The van der Waals surface area contributed by atoms with Gasteiger partial charge in [0, 0.05) is 26.3 Å². The number of nitrogens with zero attached hydrogens (tertiary/aromatic N) is 1. The molecule has 0 aliphatic heterocycles. The van der Waals surface area contributed by atoms with E-state index in [1.54, 1.807) is 20.8 Å². The number of nitrogens with two attached hydrogens (primary N) is 1. The van der Waals surface area contributed by atoms with Gasteiger partial charge < -0.3 is 10.9 Å². The molecule has 0 fully saturated rings. The third-order valence-corrected chi connectivity index (χ3v) is 2.88. The Hall–Kier alpha value is -1.26. The van der Waals surface area contributed by atoms with Crippen LogP contribution >= 0.6 is 23.2 Å². The van der Waals surface area contributed by atoms with Crippen LogP contribution in [0.2, 0.25) is 10.0 Å². The molecule has 0 aromatic heterocycles. The summed E-state index contributed by atoms with van der Waals surface area (Å²) >= 11 is 11.6. The number of carbonyl (C=O) groups is 1. The number of rotatable bonds is 2. The van der Waals surface area contributed by atoms with E-state index in [0.717, 1.165) is 6.21 Å². The number of carbonyl (C=O) groups excluding carboxylic acids is 1. The molecule has 0 unspecified atom stereocenters. The zero-order valence-electron chi connectivity index (χ0n) is 10.3. The molecular weight excluding hydrogens is 275 g/mol. The Kier molecular flexibility index (Phi) is 4.24. The molecule has 18 heavy (non-hydrogen) atoms. The minimum Gasteiger partial charge on any atom is -0.623 e. The van der Waals surface area contributed by atoms with Crippen LogP contribution in [0.15, 0.2) is 12.1 Å². The summed E-state index contributed by atoms with van der Waals surface area (Å²) in [6.45, 7) is 5.10. The smallest absolute Gasteiger partial charge is 0.249 e. The van der Waals surface area contributed by atoms with Crippen molar-refractivity contribution in [1.82, 2.24) is 0 Å². The van der Waals surface area contributed by atoms with Gasteiger partial charge in [-0.1, -0.05) is 23.2 Å². The number of benzene rings is 1. The van der Waals surface area contributed by atoms with Crippen molar-refractivity contribution < 1.29 is 9.53 Å². The summed E-state index contributed by atoms with van der Waals surface area (Å²) in [6.07, 6.45) is 0.970. The lowest BCUT2D eigenvalue weighted by atomic mass is 10.1. The molecule has 0 radical (unpaired) electrons. The number of halogens is 2. The third kappa shape index (κ3) is 3.37. The number of hydrogen-bond donors (Lipinski definition) is 1. The minimum atomic E-state index is -0.683. The van der Waals surface area contributed by atoms with Gasteiger partial charge in [-0.2, -0.15) is 0 Å². The maximum atomic E-state index is 11.9. The summed E-state index contributed by atoms with van der Waals surface area (Å²) in [5, 5.41) is 12.0. The molecule has 0 saturated carbocycles. The molecule has 98 valence electrons. The van der Waals surface area contributed by atoms with Crippen molar-refractivity contribution in [3.05, 3.63) is 32.9 Å². The highest BCUT2D eigenvalue weighted by molar-refractivity contribution is 6.41. The zero-order valence-corrected chi connectivity index (χ0v) is 11.8.